The summed E-state index contributed by atoms with van der Waals surface area (Å²) in [5.74, 6) is -1.14. The molecule has 2 rings (SSSR count). The number of benzene rings is 2. The zero-order valence-corrected chi connectivity index (χ0v) is 16.7. The molecule has 0 aliphatic heterocycles. The second kappa shape index (κ2) is 10.6. The van der Waals surface area contributed by atoms with Gasteiger partial charge < -0.3 is 15.2 Å². The summed E-state index contributed by atoms with van der Waals surface area (Å²) in [7, 11) is -3.97. The van der Waals surface area contributed by atoms with Crippen LogP contribution in [0.3, 0.4) is 0 Å². The van der Waals surface area contributed by atoms with Crippen LogP contribution >= 0.6 is 0 Å². The normalized spacial score (nSPS) is 12.2. The number of nitrogens with one attached hydrogen (secondary N) is 1. The summed E-state index contributed by atoms with van der Waals surface area (Å²) in [5.41, 5.74) is 1.69. The summed E-state index contributed by atoms with van der Waals surface area (Å²) in [4.78, 5) is 23.0. The van der Waals surface area contributed by atoms with Crippen LogP contribution in [0, 0.1) is 6.92 Å². The highest BCUT2D eigenvalue weighted by atomic mass is 32.2. The minimum atomic E-state index is -3.97. The summed E-state index contributed by atoms with van der Waals surface area (Å²) >= 11 is 0. The Morgan fingerprint density at radius 3 is 2.34 bits per heavy atom. The van der Waals surface area contributed by atoms with Crippen LogP contribution in [0.5, 0.6) is 0 Å². The monoisotopic (exact) mass is 421 g/mol. The number of aryl methyl sites for hydroxylation is 1. The van der Waals surface area contributed by atoms with Crippen molar-refractivity contribution < 1.29 is 32.0 Å². The van der Waals surface area contributed by atoms with E-state index in [2.05, 4.69) is 5.32 Å². The van der Waals surface area contributed by atoms with Crippen LogP contribution < -0.4 is 5.32 Å². The Kier molecular flexibility index (Phi) is 8.17. The topological polar surface area (TPSA) is 119 Å². The number of rotatable bonds is 10. The van der Waals surface area contributed by atoms with Gasteiger partial charge in [-0.1, -0.05) is 48.0 Å². The van der Waals surface area contributed by atoms with Crippen LogP contribution in [0.15, 0.2) is 59.5 Å². The number of carbonyl (C=O) groups excluding carboxylic acids is 1. The summed E-state index contributed by atoms with van der Waals surface area (Å²) in [5, 5.41) is 11.5. The Bertz CT molecular complexity index is 912. The van der Waals surface area contributed by atoms with Gasteiger partial charge in [0.15, 0.2) is 0 Å². The van der Waals surface area contributed by atoms with E-state index in [-0.39, 0.29) is 24.5 Å². The molecule has 0 saturated heterocycles. The van der Waals surface area contributed by atoms with Crippen molar-refractivity contribution in [3.8, 4) is 0 Å². The van der Waals surface area contributed by atoms with Crippen molar-refractivity contribution in [2.75, 3.05) is 6.61 Å². The van der Waals surface area contributed by atoms with Crippen molar-refractivity contribution in [1.82, 2.24) is 5.32 Å². The predicted octanol–water partition coefficient (Wildman–Crippen LogP) is 2.86. The highest BCUT2D eigenvalue weighted by Crippen LogP contribution is 2.14. The average Bonchev–Trinajstić information content (AvgIpc) is 2.67. The first-order valence-corrected chi connectivity index (χ1v) is 10.3. The molecule has 9 heteroatoms. The lowest BCUT2D eigenvalue weighted by Gasteiger charge is -2.17. The van der Waals surface area contributed by atoms with Crippen molar-refractivity contribution in [3.63, 3.8) is 0 Å². The molecule has 0 aliphatic rings. The predicted molar refractivity (Wildman–Crippen MR) is 105 cm³/mol. The quantitative estimate of drug-likeness (QED) is 0.566. The summed E-state index contributed by atoms with van der Waals surface area (Å²) in [6.45, 7) is 1.58. The summed E-state index contributed by atoms with van der Waals surface area (Å²) < 4.78 is 34.4. The van der Waals surface area contributed by atoms with Crippen LogP contribution in [0.4, 0.5) is 4.79 Å². The van der Waals surface area contributed by atoms with Gasteiger partial charge in [-0.05, 0) is 31.0 Å². The van der Waals surface area contributed by atoms with E-state index in [0.29, 0.717) is 0 Å². The number of amides is 1. The number of hydrogen-bond donors (Lipinski definition) is 2. The van der Waals surface area contributed by atoms with Crippen molar-refractivity contribution in [3.05, 3.63) is 65.7 Å². The number of aliphatic carboxylic acids is 1. The smallest absolute Gasteiger partial charge is 0.407 e. The summed E-state index contributed by atoms with van der Waals surface area (Å²) in [6, 6.07) is 14.3. The van der Waals surface area contributed by atoms with E-state index in [1.54, 1.807) is 36.4 Å². The molecule has 0 spiro atoms. The van der Waals surface area contributed by atoms with Crippen molar-refractivity contribution in [1.29, 1.82) is 0 Å². The van der Waals surface area contributed by atoms with Crippen LogP contribution in [0.2, 0.25) is 0 Å². The van der Waals surface area contributed by atoms with E-state index in [4.69, 9.17) is 14.0 Å². The highest BCUT2D eigenvalue weighted by Gasteiger charge is 2.20. The SMILES string of the molecule is Cc1ccc(S(=O)(=O)OCCC(CC(=O)O)NC(=O)OCc2ccccc2)cc1. The summed E-state index contributed by atoms with van der Waals surface area (Å²) in [6.07, 6.45) is -1.20. The highest BCUT2D eigenvalue weighted by molar-refractivity contribution is 7.86. The van der Waals surface area contributed by atoms with Gasteiger partial charge in [0.2, 0.25) is 0 Å². The van der Waals surface area contributed by atoms with Gasteiger partial charge in [0.25, 0.3) is 10.1 Å². The number of hydrogen-bond acceptors (Lipinski definition) is 6. The number of ether oxygens (including phenoxy) is 1. The van der Waals surface area contributed by atoms with Gasteiger partial charge in [0.05, 0.1) is 17.9 Å². The molecule has 1 unspecified atom stereocenters. The van der Waals surface area contributed by atoms with E-state index in [1.165, 1.54) is 12.1 Å². The van der Waals surface area contributed by atoms with Gasteiger partial charge in [-0.15, -0.1) is 0 Å². The lowest BCUT2D eigenvalue weighted by molar-refractivity contribution is -0.137. The third kappa shape index (κ3) is 7.92. The van der Waals surface area contributed by atoms with E-state index < -0.39 is 34.6 Å². The third-order valence-corrected chi connectivity index (χ3v) is 5.30. The van der Waals surface area contributed by atoms with E-state index >= 15 is 0 Å². The first kappa shape index (κ1) is 22.4. The Labute approximate surface area is 169 Å². The molecule has 29 heavy (non-hydrogen) atoms. The molecular formula is C20H23NO7S. The van der Waals surface area contributed by atoms with Gasteiger partial charge in [0.1, 0.15) is 6.61 Å². The molecule has 156 valence electrons. The van der Waals surface area contributed by atoms with Crippen LogP contribution in [-0.2, 0) is 30.4 Å². The van der Waals surface area contributed by atoms with Crippen LogP contribution in [0.1, 0.15) is 24.0 Å². The second-order valence-electron chi connectivity index (χ2n) is 6.38. The van der Waals surface area contributed by atoms with Crippen molar-refractivity contribution in [2.24, 2.45) is 0 Å². The molecule has 0 bridgehead atoms. The Morgan fingerprint density at radius 2 is 1.72 bits per heavy atom. The van der Waals surface area contributed by atoms with Gasteiger partial charge in [-0.3, -0.25) is 8.98 Å². The van der Waals surface area contributed by atoms with Crippen molar-refractivity contribution in [2.45, 2.75) is 37.3 Å². The van der Waals surface area contributed by atoms with Gasteiger partial charge in [-0.2, -0.15) is 8.42 Å². The Hall–Kier alpha value is -2.91. The van der Waals surface area contributed by atoms with Crippen molar-refractivity contribution >= 4 is 22.2 Å². The van der Waals surface area contributed by atoms with Gasteiger partial charge >= 0.3 is 12.1 Å². The Morgan fingerprint density at radius 1 is 1.07 bits per heavy atom. The fraction of sp³-hybridized carbons (Fsp3) is 0.300. The van der Waals surface area contributed by atoms with Gasteiger partial charge in [-0.25, -0.2) is 4.79 Å². The molecule has 2 aromatic rings. The number of carbonyl (C=O) groups is 2. The average molecular weight is 421 g/mol. The maximum Gasteiger partial charge on any atom is 0.407 e. The first-order chi connectivity index (χ1) is 13.8. The Balaban J connectivity index is 1.86. The molecule has 0 saturated carbocycles. The lowest BCUT2D eigenvalue weighted by atomic mass is 10.1. The largest absolute Gasteiger partial charge is 0.481 e. The molecule has 0 heterocycles. The molecule has 0 radical (unpaired) electrons. The lowest BCUT2D eigenvalue weighted by Crippen LogP contribution is -2.37. The fourth-order valence-corrected chi connectivity index (χ4v) is 3.36. The maximum absolute atomic E-state index is 12.2. The van der Waals surface area contributed by atoms with Crippen LogP contribution in [-0.4, -0.2) is 38.2 Å². The second-order valence-corrected chi connectivity index (χ2v) is 7.99. The molecule has 2 N–H and O–H groups in total. The molecule has 0 aliphatic carbocycles. The molecular weight excluding hydrogens is 398 g/mol. The number of carboxylic acid groups (broad SMARTS) is 1. The zero-order valence-electron chi connectivity index (χ0n) is 15.9. The minimum Gasteiger partial charge on any atom is -0.481 e. The van der Waals surface area contributed by atoms with E-state index in [1.807, 2.05) is 13.0 Å². The molecule has 1 amide bonds. The maximum atomic E-state index is 12.2. The third-order valence-electron chi connectivity index (χ3n) is 3.97. The standard InChI is InChI=1S/C20H23NO7S/c1-15-7-9-18(10-8-15)29(25,26)28-12-11-17(13-19(22)23)21-20(24)27-14-16-5-3-2-4-6-16/h2-10,17H,11-14H2,1H3,(H,21,24)(H,22,23). The minimum absolute atomic E-state index is 0.00751. The molecule has 1 atom stereocenters. The van der Waals surface area contributed by atoms with E-state index in [9.17, 15) is 18.0 Å². The van der Waals surface area contributed by atoms with Gasteiger partial charge in [0, 0.05) is 6.04 Å². The van der Waals surface area contributed by atoms with Crippen LogP contribution in [0.25, 0.3) is 0 Å². The zero-order chi connectivity index (χ0) is 21.3. The number of alkyl carbamates (subject to hydrolysis) is 1. The number of carboxylic acids is 1. The fourth-order valence-electron chi connectivity index (χ4n) is 2.44. The first-order valence-electron chi connectivity index (χ1n) is 8.91. The molecule has 0 aromatic heterocycles. The molecule has 2 aromatic carbocycles. The van der Waals surface area contributed by atoms with E-state index in [0.717, 1.165) is 11.1 Å². The molecule has 0 fully saturated rings. The molecule has 8 nitrogen and oxygen atoms in total.